The second kappa shape index (κ2) is 9.66. The molecule has 3 aromatic rings. The Kier molecular flexibility index (Phi) is 6.97. The van der Waals surface area contributed by atoms with Crippen molar-refractivity contribution in [3.05, 3.63) is 89.5 Å². The van der Waals surface area contributed by atoms with E-state index in [9.17, 15) is 13.2 Å². The average molecular weight is 439 g/mol. The van der Waals surface area contributed by atoms with E-state index in [1.54, 1.807) is 30.3 Å². The number of hydrogen-bond donors (Lipinski definition) is 2. The smallest absolute Gasteiger partial charge is 0.261 e. The van der Waals surface area contributed by atoms with Crippen molar-refractivity contribution >= 4 is 21.6 Å². The maximum Gasteiger partial charge on any atom is 0.261 e. The molecule has 1 amide bonds. The first-order chi connectivity index (χ1) is 14.7. The lowest BCUT2D eigenvalue weighted by Crippen LogP contribution is -2.36. The van der Waals surface area contributed by atoms with Gasteiger partial charge in [-0.15, -0.1) is 0 Å². The molecule has 3 rings (SSSR count). The third-order valence-corrected chi connectivity index (χ3v) is 6.02. The van der Waals surface area contributed by atoms with Crippen LogP contribution in [-0.4, -0.2) is 27.0 Å². The lowest BCUT2D eigenvalue weighted by atomic mass is 10.2. The highest BCUT2D eigenvalue weighted by atomic mass is 32.2. The Bertz CT molecular complexity index is 1180. The second-order valence-corrected chi connectivity index (χ2v) is 9.14. The number of amides is 1. The minimum atomic E-state index is -3.82. The van der Waals surface area contributed by atoms with Crippen LogP contribution in [0.15, 0.2) is 77.7 Å². The lowest BCUT2D eigenvalue weighted by Gasteiger charge is -2.16. The van der Waals surface area contributed by atoms with Crippen LogP contribution in [-0.2, 0) is 10.0 Å². The Morgan fingerprint density at radius 1 is 0.968 bits per heavy atom. The SMILES string of the molecule is Cc1cccc(NS(=O)(=O)c2cccc(C(=O)N[C@H](C)COc3ccccc3C)c2)c1. The van der Waals surface area contributed by atoms with Gasteiger partial charge in [-0.2, -0.15) is 0 Å². The van der Waals surface area contributed by atoms with Crippen LogP contribution >= 0.6 is 0 Å². The Labute approximate surface area is 183 Å². The maximum atomic E-state index is 12.7. The molecule has 6 nitrogen and oxygen atoms in total. The highest BCUT2D eigenvalue weighted by Gasteiger charge is 2.18. The standard InChI is InChI=1S/C24H26N2O4S/c1-17-8-6-11-21(14-17)26-31(28,29)22-12-7-10-20(15-22)24(27)25-19(3)16-30-23-13-5-4-9-18(23)2/h4-15,19,26H,16H2,1-3H3,(H,25,27)/t19-/m1/s1. The second-order valence-electron chi connectivity index (χ2n) is 7.45. The van der Waals surface area contributed by atoms with Crippen LogP contribution < -0.4 is 14.8 Å². The van der Waals surface area contributed by atoms with Gasteiger partial charge in [-0.25, -0.2) is 8.42 Å². The van der Waals surface area contributed by atoms with Crippen LogP contribution in [0.3, 0.4) is 0 Å². The van der Waals surface area contributed by atoms with E-state index in [0.29, 0.717) is 12.3 Å². The van der Waals surface area contributed by atoms with Crippen molar-refractivity contribution in [1.29, 1.82) is 0 Å². The van der Waals surface area contributed by atoms with Crippen LogP contribution in [0.4, 0.5) is 5.69 Å². The third kappa shape index (κ3) is 6.08. The molecule has 162 valence electrons. The number of aryl methyl sites for hydroxylation is 2. The van der Waals surface area contributed by atoms with Gasteiger partial charge < -0.3 is 10.1 Å². The molecular formula is C24H26N2O4S. The Hall–Kier alpha value is -3.32. The molecule has 0 saturated carbocycles. The Morgan fingerprint density at radius 3 is 2.45 bits per heavy atom. The predicted octanol–water partition coefficient (Wildman–Crippen LogP) is 4.30. The van der Waals surface area contributed by atoms with Crippen molar-refractivity contribution in [2.75, 3.05) is 11.3 Å². The maximum absolute atomic E-state index is 12.7. The van der Waals surface area contributed by atoms with E-state index in [0.717, 1.165) is 16.9 Å². The number of sulfonamides is 1. The van der Waals surface area contributed by atoms with Crippen molar-refractivity contribution in [3.8, 4) is 5.75 Å². The highest BCUT2D eigenvalue weighted by Crippen LogP contribution is 2.19. The van der Waals surface area contributed by atoms with Gasteiger partial charge in [0.25, 0.3) is 15.9 Å². The van der Waals surface area contributed by atoms with Gasteiger partial charge in [0.05, 0.1) is 10.9 Å². The topological polar surface area (TPSA) is 84.5 Å². The number of ether oxygens (including phenoxy) is 1. The quantitative estimate of drug-likeness (QED) is 0.549. The summed E-state index contributed by atoms with van der Waals surface area (Å²) in [7, 11) is -3.82. The molecule has 2 N–H and O–H groups in total. The predicted molar refractivity (Wildman–Crippen MR) is 122 cm³/mol. The van der Waals surface area contributed by atoms with E-state index in [-0.39, 0.29) is 22.4 Å². The van der Waals surface area contributed by atoms with Gasteiger partial charge in [-0.05, 0) is 68.3 Å². The summed E-state index contributed by atoms with van der Waals surface area (Å²) < 4.78 is 33.8. The van der Waals surface area contributed by atoms with E-state index in [4.69, 9.17) is 4.74 Å². The molecule has 0 heterocycles. The zero-order valence-electron chi connectivity index (χ0n) is 17.8. The fraction of sp³-hybridized carbons (Fsp3) is 0.208. The fourth-order valence-corrected chi connectivity index (χ4v) is 4.10. The molecule has 0 bridgehead atoms. The molecule has 0 unspecified atom stereocenters. The number of rotatable bonds is 8. The summed E-state index contributed by atoms with van der Waals surface area (Å²) in [6, 6.07) is 20.4. The van der Waals surface area contributed by atoms with Crippen molar-refractivity contribution in [2.45, 2.75) is 31.7 Å². The third-order valence-electron chi connectivity index (χ3n) is 4.64. The van der Waals surface area contributed by atoms with E-state index in [2.05, 4.69) is 10.0 Å². The molecule has 0 aromatic heterocycles. The van der Waals surface area contributed by atoms with E-state index in [1.807, 2.05) is 51.1 Å². The molecule has 0 radical (unpaired) electrons. The van der Waals surface area contributed by atoms with Crippen LogP contribution in [0.2, 0.25) is 0 Å². The summed E-state index contributed by atoms with van der Waals surface area (Å²) in [6.07, 6.45) is 0. The lowest BCUT2D eigenvalue weighted by molar-refractivity contribution is 0.0926. The summed E-state index contributed by atoms with van der Waals surface area (Å²) in [5.41, 5.74) is 2.68. The molecule has 7 heteroatoms. The molecule has 0 saturated heterocycles. The van der Waals surface area contributed by atoms with Crippen LogP contribution in [0, 0.1) is 13.8 Å². The average Bonchev–Trinajstić information content (AvgIpc) is 2.73. The summed E-state index contributed by atoms with van der Waals surface area (Å²) in [6.45, 7) is 5.96. The molecule has 0 aliphatic heterocycles. The van der Waals surface area contributed by atoms with Gasteiger partial charge in [0.2, 0.25) is 0 Å². The van der Waals surface area contributed by atoms with Gasteiger partial charge >= 0.3 is 0 Å². The zero-order valence-corrected chi connectivity index (χ0v) is 18.6. The number of carbonyl (C=O) groups is 1. The first-order valence-electron chi connectivity index (χ1n) is 9.93. The van der Waals surface area contributed by atoms with Crippen molar-refractivity contribution in [3.63, 3.8) is 0 Å². The number of nitrogens with one attached hydrogen (secondary N) is 2. The monoisotopic (exact) mass is 438 g/mol. The van der Waals surface area contributed by atoms with Crippen LogP contribution in [0.25, 0.3) is 0 Å². The van der Waals surface area contributed by atoms with Gasteiger partial charge in [0, 0.05) is 11.3 Å². The van der Waals surface area contributed by atoms with Crippen LogP contribution in [0.1, 0.15) is 28.4 Å². The van der Waals surface area contributed by atoms with Gasteiger partial charge in [-0.3, -0.25) is 9.52 Å². The van der Waals surface area contributed by atoms with Gasteiger partial charge in [-0.1, -0.05) is 36.4 Å². The summed E-state index contributed by atoms with van der Waals surface area (Å²) >= 11 is 0. The fourth-order valence-electron chi connectivity index (χ4n) is 3.01. The Morgan fingerprint density at radius 2 is 1.71 bits per heavy atom. The van der Waals surface area contributed by atoms with Crippen molar-refractivity contribution in [1.82, 2.24) is 5.32 Å². The molecule has 0 spiro atoms. The molecule has 0 fully saturated rings. The Balaban J connectivity index is 1.66. The number of hydrogen-bond acceptors (Lipinski definition) is 4. The largest absolute Gasteiger partial charge is 0.491 e. The van der Waals surface area contributed by atoms with Gasteiger partial charge in [0.1, 0.15) is 12.4 Å². The molecular weight excluding hydrogens is 412 g/mol. The van der Waals surface area contributed by atoms with Gasteiger partial charge in [0.15, 0.2) is 0 Å². The molecule has 3 aromatic carbocycles. The first kappa shape index (κ1) is 22.4. The molecule has 0 aliphatic rings. The number of benzene rings is 3. The summed E-state index contributed by atoms with van der Waals surface area (Å²) in [5.74, 6) is 0.396. The highest BCUT2D eigenvalue weighted by molar-refractivity contribution is 7.92. The van der Waals surface area contributed by atoms with Crippen molar-refractivity contribution < 1.29 is 17.9 Å². The minimum Gasteiger partial charge on any atom is -0.491 e. The van der Waals surface area contributed by atoms with E-state index >= 15 is 0 Å². The normalized spacial score (nSPS) is 12.1. The number of para-hydroxylation sites is 1. The van der Waals surface area contributed by atoms with Crippen LogP contribution in [0.5, 0.6) is 5.75 Å². The zero-order chi connectivity index (χ0) is 22.4. The van der Waals surface area contributed by atoms with Crippen molar-refractivity contribution in [2.24, 2.45) is 0 Å². The molecule has 1 atom stereocenters. The number of anilines is 1. The molecule has 0 aliphatic carbocycles. The number of carbonyl (C=O) groups excluding carboxylic acids is 1. The summed E-state index contributed by atoms with van der Waals surface area (Å²) in [4.78, 5) is 12.7. The summed E-state index contributed by atoms with van der Waals surface area (Å²) in [5, 5.41) is 2.84. The van der Waals surface area contributed by atoms with E-state index in [1.165, 1.54) is 12.1 Å². The van der Waals surface area contributed by atoms with E-state index < -0.39 is 10.0 Å². The minimum absolute atomic E-state index is 0.0190. The molecule has 31 heavy (non-hydrogen) atoms. The first-order valence-corrected chi connectivity index (χ1v) is 11.4.